The largest absolute Gasteiger partial charge is 0.616 e. The maximum absolute atomic E-state index is 15.7. The number of halogens is 2. The van der Waals surface area contributed by atoms with E-state index < -0.39 is 34.8 Å². The van der Waals surface area contributed by atoms with Gasteiger partial charge >= 0.3 is 5.97 Å². The molecule has 2 unspecified atom stereocenters. The smallest absolute Gasteiger partial charge is 0.303 e. The first-order valence-corrected chi connectivity index (χ1v) is 17.3. The number of carboxylic acid groups (broad SMARTS) is 1. The van der Waals surface area contributed by atoms with Gasteiger partial charge in [-0.2, -0.15) is 5.26 Å². The molecule has 1 aromatic heterocycles. The Labute approximate surface area is 281 Å². The quantitative estimate of drug-likeness (QED) is 0.0961. The molecule has 0 spiro atoms. The third kappa shape index (κ3) is 8.24. The number of hydrogen-bond acceptors (Lipinski definition) is 6. The highest BCUT2D eigenvalue weighted by Crippen LogP contribution is 2.38. The van der Waals surface area contributed by atoms with Crippen LogP contribution in [0.5, 0.6) is 11.5 Å². The molecule has 0 saturated heterocycles. The molecule has 0 fully saturated rings. The van der Waals surface area contributed by atoms with E-state index in [-0.39, 0.29) is 46.6 Å². The van der Waals surface area contributed by atoms with Crippen molar-refractivity contribution >= 4 is 40.0 Å². The third-order valence-electron chi connectivity index (χ3n) is 8.60. The van der Waals surface area contributed by atoms with Gasteiger partial charge in [-0.15, -0.1) is 0 Å². The van der Waals surface area contributed by atoms with Gasteiger partial charge in [-0.25, -0.2) is 8.78 Å². The highest BCUT2D eigenvalue weighted by atomic mass is 32.2. The molecule has 0 aliphatic carbocycles. The SMILES string of the molecule is CC1(C)CCCC(c2cccc(CCC(=O)O)c2)N/C(=C(/C#N)C=N)c2cc(ccc2F)Oc2c(F)cc3[nH]ccc3c2CC[S+]([O-])C1. The minimum absolute atomic E-state index is 0.0324. The zero-order valence-corrected chi connectivity index (χ0v) is 27.7. The fourth-order valence-corrected chi connectivity index (χ4v) is 7.81. The first kappa shape index (κ1) is 34.7. The number of aromatic amines is 1. The van der Waals surface area contributed by atoms with Crippen LogP contribution in [0.25, 0.3) is 16.6 Å². The van der Waals surface area contributed by atoms with E-state index in [2.05, 4.69) is 24.1 Å². The minimum Gasteiger partial charge on any atom is -0.616 e. The van der Waals surface area contributed by atoms with Crippen LogP contribution in [-0.4, -0.2) is 38.3 Å². The molecule has 4 N–H and O–H groups in total. The number of rotatable bonds is 5. The van der Waals surface area contributed by atoms with Crippen LogP contribution in [0.2, 0.25) is 0 Å². The van der Waals surface area contributed by atoms with Gasteiger partial charge in [0.2, 0.25) is 0 Å². The Balaban J connectivity index is 1.64. The van der Waals surface area contributed by atoms with Crippen LogP contribution < -0.4 is 10.1 Å². The first-order valence-electron chi connectivity index (χ1n) is 15.8. The molecule has 2 bridgehead atoms. The summed E-state index contributed by atoms with van der Waals surface area (Å²) in [7, 11) is 0. The van der Waals surface area contributed by atoms with Crippen LogP contribution in [0.3, 0.4) is 0 Å². The highest BCUT2D eigenvalue weighted by molar-refractivity contribution is 7.91. The Kier molecular flexibility index (Phi) is 10.9. The Morgan fingerprint density at radius 2 is 2.02 bits per heavy atom. The van der Waals surface area contributed by atoms with Gasteiger partial charge in [0.05, 0.1) is 17.3 Å². The molecule has 5 rings (SSSR count). The number of nitrogens with one attached hydrogen (secondary N) is 3. The van der Waals surface area contributed by atoms with E-state index in [0.29, 0.717) is 48.3 Å². The van der Waals surface area contributed by atoms with Crippen molar-refractivity contribution in [2.24, 2.45) is 5.41 Å². The topological polar surface area (TPSA) is 145 Å². The molecule has 1 aliphatic rings. The van der Waals surface area contributed by atoms with Crippen molar-refractivity contribution in [2.75, 3.05) is 11.5 Å². The number of aliphatic carboxylic acids is 1. The predicted molar refractivity (Wildman–Crippen MR) is 184 cm³/mol. The maximum Gasteiger partial charge on any atom is 0.303 e. The van der Waals surface area contributed by atoms with Gasteiger partial charge in [-0.3, -0.25) is 4.79 Å². The molecule has 250 valence electrons. The summed E-state index contributed by atoms with van der Waals surface area (Å²) in [5.41, 5.74) is 2.35. The number of carboxylic acids is 1. The van der Waals surface area contributed by atoms with E-state index >= 15 is 8.78 Å². The molecule has 11 heteroatoms. The van der Waals surface area contributed by atoms with Gasteiger partial charge in [0.1, 0.15) is 29.1 Å². The lowest BCUT2D eigenvalue weighted by atomic mass is 9.87. The second-order valence-electron chi connectivity index (χ2n) is 12.8. The number of nitriles is 1. The Morgan fingerprint density at radius 1 is 1.21 bits per heavy atom. The van der Waals surface area contributed by atoms with E-state index in [0.717, 1.165) is 22.7 Å². The van der Waals surface area contributed by atoms with E-state index in [4.69, 9.17) is 10.1 Å². The zero-order valence-electron chi connectivity index (χ0n) is 26.9. The number of fused-ring (bicyclic) bond motifs is 5. The molecule has 3 aromatic carbocycles. The molecular formula is C37H38F2N4O4S. The van der Waals surface area contributed by atoms with Gasteiger partial charge in [0, 0.05) is 58.8 Å². The molecule has 8 nitrogen and oxygen atoms in total. The lowest BCUT2D eigenvalue weighted by Crippen LogP contribution is -2.27. The average molecular weight is 673 g/mol. The number of ether oxygens (including phenoxy) is 1. The molecule has 4 aromatic rings. The van der Waals surface area contributed by atoms with Gasteiger partial charge in [-0.1, -0.05) is 55.7 Å². The van der Waals surface area contributed by atoms with Crippen molar-refractivity contribution in [1.29, 1.82) is 10.7 Å². The molecule has 0 amide bonds. The molecular weight excluding hydrogens is 634 g/mol. The van der Waals surface area contributed by atoms with Crippen LogP contribution in [0, 0.1) is 33.8 Å². The number of aryl methyl sites for hydroxylation is 2. The number of H-pyrrole nitrogens is 1. The summed E-state index contributed by atoms with van der Waals surface area (Å²) in [5.74, 6) is -1.44. The van der Waals surface area contributed by atoms with E-state index in [1.807, 2.05) is 36.4 Å². The van der Waals surface area contributed by atoms with Gasteiger partial charge in [-0.05, 0) is 54.7 Å². The lowest BCUT2D eigenvalue weighted by Gasteiger charge is -2.28. The van der Waals surface area contributed by atoms with Crippen LogP contribution in [0.15, 0.2) is 66.4 Å². The number of aromatic nitrogens is 1. The summed E-state index contributed by atoms with van der Waals surface area (Å²) in [6.45, 7) is 4.12. The first-order chi connectivity index (χ1) is 23.0. The minimum atomic E-state index is -1.22. The Morgan fingerprint density at radius 3 is 2.77 bits per heavy atom. The summed E-state index contributed by atoms with van der Waals surface area (Å²) >= 11 is -1.22. The van der Waals surface area contributed by atoms with Gasteiger partial charge in [0.25, 0.3) is 0 Å². The number of allylic oxidation sites excluding steroid dienone is 1. The van der Waals surface area contributed by atoms with Crippen molar-refractivity contribution < 1.29 is 28.0 Å². The molecule has 2 heterocycles. The van der Waals surface area contributed by atoms with E-state index in [1.54, 1.807) is 6.20 Å². The summed E-state index contributed by atoms with van der Waals surface area (Å²) in [5, 5.41) is 31.3. The van der Waals surface area contributed by atoms with Crippen molar-refractivity contribution in [2.45, 2.75) is 58.4 Å². The normalized spacial score (nSPS) is 19.6. The van der Waals surface area contributed by atoms with Crippen molar-refractivity contribution in [3.05, 3.63) is 100 Å². The molecule has 2 atom stereocenters. The highest BCUT2D eigenvalue weighted by Gasteiger charge is 2.28. The van der Waals surface area contributed by atoms with Gasteiger partial charge < -0.3 is 30.1 Å². The fraction of sp³-hybridized carbons (Fsp3) is 0.324. The second kappa shape index (κ2) is 15.0. The number of benzene rings is 3. The number of nitrogens with zero attached hydrogens (tertiary/aromatic N) is 1. The Hall–Kier alpha value is -4.66. The summed E-state index contributed by atoms with van der Waals surface area (Å²) < 4.78 is 50.9. The lowest BCUT2D eigenvalue weighted by molar-refractivity contribution is -0.136. The van der Waals surface area contributed by atoms with Crippen LogP contribution in [0.4, 0.5) is 8.78 Å². The monoisotopic (exact) mass is 672 g/mol. The van der Waals surface area contributed by atoms with E-state index in [1.165, 1.54) is 24.3 Å². The molecule has 0 radical (unpaired) electrons. The molecule has 0 saturated carbocycles. The Bertz CT molecular complexity index is 1900. The summed E-state index contributed by atoms with van der Waals surface area (Å²) in [6, 6.07) is 16.1. The van der Waals surface area contributed by atoms with Crippen molar-refractivity contribution in [1.82, 2.24) is 10.3 Å². The number of carbonyl (C=O) groups is 1. The maximum atomic E-state index is 15.7. The second-order valence-corrected chi connectivity index (χ2v) is 14.4. The standard InChI is InChI=1S/C37H38F2N4O4S/c1-37(2)14-4-7-32(24-6-3-5-23(17-24)8-11-34(44)45)43-35(25(20-40)21-41)29-18-26(9-10-30(29)38)47-36-28(13-16-48(46)22-37)27-12-15-42-33(27)19-31(36)39/h3,5-6,9-10,12,15,17-20,32,40,42-43H,4,7-8,11,13-14,16,22H2,1-2H3,(H,44,45)/b35-25+,40-20?. The molecule has 48 heavy (non-hydrogen) atoms. The third-order valence-corrected chi connectivity index (χ3v) is 10.4. The zero-order chi connectivity index (χ0) is 34.4. The summed E-state index contributed by atoms with van der Waals surface area (Å²) in [4.78, 5) is 14.3. The van der Waals surface area contributed by atoms with Crippen molar-refractivity contribution in [3.8, 4) is 17.6 Å². The molecule has 1 aliphatic heterocycles. The van der Waals surface area contributed by atoms with E-state index in [9.17, 15) is 19.7 Å². The fourth-order valence-electron chi connectivity index (χ4n) is 6.21. The van der Waals surface area contributed by atoms with Gasteiger partial charge in [0.15, 0.2) is 11.6 Å². The average Bonchev–Trinajstić information content (AvgIpc) is 3.51. The van der Waals surface area contributed by atoms with Crippen LogP contribution >= 0.6 is 0 Å². The summed E-state index contributed by atoms with van der Waals surface area (Å²) in [6.07, 6.45) is 5.06. The number of hydrogen-bond donors (Lipinski definition) is 4. The van der Waals surface area contributed by atoms with Crippen molar-refractivity contribution in [3.63, 3.8) is 0 Å². The van der Waals surface area contributed by atoms with Crippen LogP contribution in [-0.2, 0) is 28.8 Å². The van der Waals surface area contributed by atoms with Crippen LogP contribution in [0.1, 0.15) is 67.8 Å². The predicted octanol–water partition coefficient (Wildman–Crippen LogP) is 7.97.